The van der Waals surface area contributed by atoms with E-state index >= 15 is 0 Å². The average Bonchev–Trinajstić information content (AvgIpc) is 3.06. The van der Waals surface area contributed by atoms with Gasteiger partial charge in [-0.2, -0.15) is 0 Å². The first kappa shape index (κ1) is 25.0. The van der Waals surface area contributed by atoms with Gasteiger partial charge in [-0.1, -0.05) is 48.0 Å². The number of hydrogen-bond donors (Lipinski definition) is 2. The summed E-state index contributed by atoms with van der Waals surface area (Å²) in [6.07, 6.45) is 0. The second kappa shape index (κ2) is 9.53. The average molecular weight is 486 g/mol. The van der Waals surface area contributed by atoms with E-state index in [2.05, 4.69) is 0 Å². The molecule has 0 radical (unpaired) electrons. The molecule has 2 N–H and O–H groups in total. The maximum absolute atomic E-state index is 13.4. The number of Topliss-reactive ketones (excluding diaryl/α,β-unsaturated/α-hetero) is 1. The van der Waals surface area contributed by atoms with E-state index in [-0.39, 0.29) is 23.6 Å². The smallest absolute Gasteiger partial charge is 0.295 e. The second-order valence-electron chi connectivity index (χ2n) is 10.2. The molecule has 1 aliphatic rings. The minimum Gasteiger partial charge on any atom is -0.508 e. The van der Waals surface area contributed by atoms with Gasteiger partial charge in [0.25, 0.3) is 11.7 Å². The summed E-state index contributed by atoms with van der Waals surface area (Å²) < 4.78 is 6.12. The van der Waals surface area contributed by atoms with Crippen LogP contribution >= 0.6 is 0 Å². The largest absolute Gasteiger partial charge is 0.508 e. The SMILES string of the molecule is Cc1ccc(C)c(/C(O)=C2\C(=O)C(=O)N(Cc3ccccc3OC(C)(C)C)C2c2ccc(O)cc2)c1. The van der Waals surface area contributed by atoms with Crippen LogP contribution in [0.5, 0.6) is 11.5 Å². The van der Waals surface area contributed by atoms with Crippen molar-refractivity contribution in [3.05, 3.63) is 100 Å². The van der Waals surface area contributed by atoms with Crippen LogP contribution in [0.3, 0.4) is 0 Å². The highest BCUT2D eigenvalue weighted by Crippen LogP contribution is 2.42. The fraction of sp³-hybridized carbons (Fsp3) is 0.267. The summed E-state index contributed by atoms with van der Waals surface area (Å²) in [4.78, 5) is 28.2. The highest BCUT2D eigenvalue weighted by molar-refractivity contribution is 6.46. The minimum absolute atomic E-state index is 0.0219. The fourth-order valence-electron chi connectivity index (χ4n) is 4.43. The van der Waals surface area contributed by atoms with Gasteiger partial charge in [-0.25, -0.2) is 0 Å². The molecule has 0 saturated carbocycles. The van der Waals surface area contributed by atoms with Gasteiger partial charge >= 0.3 is 0 Å². The standard InChI is InChI=1S/C30H31NO5/c1-18-10-11-19(2)23(16-18)27(33)25-26(20-12-14-22(32)15-13-20)31(29(35)28(25)34)17-21-8-6-7-9-24(21)36-30(3,4)5/h6-16,26,32-33H,17H2,1-5H3/b27-25+. The Morgan fingerprint density at radius 2 is 1.64 bits per heavy atom. The van der Waals surface area contributed by atoms with E-state index in [1.807, 2.05) is 71.0 Å². The lowest BCUT2D eigenvalue weighted by Gasteiger charge is -2.28. The predicted octanol–water partition coefficient (Wildman–Crippen LogP) is 5.81. The molecule has 1 atom stereocenters. The molecule has 0 aromatic heterocycles. The molecular weight excluding hydrogens is 454 g/mol. The van der Waals surface area contributed by atoms with Gasteiger partial charge in [0.1, 0.15) is 22.9 Å². The number of ketones is 1. The number of amides is 1. The lowest BCUT2D eigenvalue weighted by molar-refractivity contribution is -0.140. The van der Waals surface area contributed by atoms with Crippen LogP contribution in [0.25, 0.3) is 5.76 Å². The Hall–Kier alpha value is -4.06. The maximum Gasteiger partial charge on any atom is 0.295 e. The third-order valence-corrected chi connectivity index (χ3v) is 6.13. The number of hydrogen-bond acceptors (Lipinski definition) is 5. The number of carbonyl (C=O) groups is 2. The van der Waals surface area contributed by atoms with Crippen LogP contribution in [0.4, 0.5) is 0 Å². The normalized spacial score (nSPS) is 17.5. The zero-order valence-corrected chi connectivity index (χ0v) is 21.2. The summed E-state index contributed by atoms with van der Waals surface area (Å²) in [5.74, 6) is -0.986. The van der Waals surface area contributed by atoms with E-state index in [1.165, 1.54) is 17.0 Å². The lowest BCUT2D eigenvalue weighted by Crippen LogP contribution is -2.30. The van der Waals surface area contributed by atoms with Crippen LogP contribution in [0, 0.1) is 13.8 Å². The highest BCUT2D eigenvalue weighted by Gasteiger charge is 2.46. The van der Waals surface area contributed by atoms with E-state index in [0.717, 1.165) is 16.7 Å². The molecule has 1 unspecified atom stereocenters. The molecule has 0 aliphatic carbocycles. The molecule has 0 spiro atoms. The third-order valence-electron chi connectivity index (χ3n) is 6.13. The van der Waals surface area contributed by atoms with Crippen molar-refractivity contribution >= 4 is 17.4 Å². The van der Waals surface area contributed by atoms with Gasteiger partial charge in [0.15, 0.2) is 0 Å². The molecule has 1 amide bonds. The van der Waals surface area contributed by atoms with Gasteiger partial charge in [-0.15, -0.1) is 0 Å². The second-order valence-corrected chi connectivity index (χ2v) is 10.2. The van der Waals surface area contributed by atoms with Crippen LogP contribution in [-0.2, 0) is 16.1 Å². The fourth-order valence-corrected chi connectivity index (χ4v) is 4.43. The van der Waals surface area contributed by atoms with Crippen LogP contribution in [0.2, 0.25) is 0 Å². The van der Waals surface area contributed by atoms with E-state index in [4.69, 9.17) is 4.74 Å². The molecule has 36 heavy (non-hydrogen) atoms. The number of ether oxygens (including phenoxy) is 1. The number of benzene rings is 3. The van der Waals surface area contributed by atoms with Crippen molar-refractivity contribution in [2.24, 2.45) is 0 Å². The summed E-state index contributed by atoms with van der Waals surface area (Å²) in [6.45, 7) is 9.68. The lowest BCUT2D eigenvalue weighted by atomic mass is 9.93. The number of rotatable bonds is 5. The third kappa shape index (κ3) is 4.98. The number of carbonyl (C=O) groups excluding carboxylic acids is 2. The Morgan fingerprint density at radius 1 is 0.972 bits per heavy atom. The molecule has 3 aromatic rings. The molecule has 6 heteroatoms. The van der Waals surface area contributed by atoms with Crippen LogP contribution < -0.4 is 4.74 Å². The van der Waals surface area contributed by atoms with Gasteiger partial charge in [-0.05, 0) is 70.0 Å². The van der Waals surface area contributed by atoms with Gasteiger partial charge < -0.3 is 19.8 Å². The maximum atomic E-state index is 13.4. The van der Waals surface area contributed by atoms with Crippen molar-refractivity contribution in [3.63, 3.8) is 0 Å². The van der Waals surface area contributed by atoms with Crippen molar-refractivity contribution in [2.75, 3.05) is 0 Å². The van der Waals surface area contributed by atoms with Crippen molar-refractivity contribution in [2.45, 2.75) is 52.8 Å². The topological polar surface area (TPSA) is 87.1 Å². The number of likely N-dealkylation sites (tertiary alicyclic amines) is 1. The van der Waals surface area contributed by atoms with Gasteiger partial charge in [0, 0.05) is 11.1 Å². The first-order valence-electron chi connectivity index (χ1n) is 11.9. The molecule has 1 saturated heterocycles. The summed E-state index contributed by atoms with van der Waals surface area (Å²) in [5, 5.41) is 21.2. The van der Waals surface area contributed by atoms with Gasteiger partial charge in [-0.3, -0.25) is 9.59 Å². The molecule has 186 valence electrons. The molecular formula is C30H31NO5. The number of nitrogens with zero attached hydrogens (tertiary/aromatic N) is 1. The van der Waals surface area contributed by atoms with E-state index in [0.29, 0.717) is 16.9 Å². The summed E-state index contributed by atoms with van der Waals surface area (Å²) in [7, 11) is 0. The molecule has 0 bridgehead atoms. The molecule has 6 nitrogen and oxygen atoms in total. The quantitative estimate of drug-likeness (QED) is 0.271. The predicted molar refractivity (Wildman–Crippen MR) is 139 cm³/mol. The van der Waals surface area contributed by atoms with Gasteiger partial charge in [0.05, 0.1) is 18.2 Å². The molecule has 1 aliphatic heterocycles. The number of phenolic OH excluding ortho intramolecular Hbond substituents is 1. The van der Waals surface area contributed by atoms with Crippen LogP contribution in [0.15, 0.2) is 72.3 Å². The Morgan fingerprint density at radius 3 is 2.31 bits per heavy atom. The number of para-hydroxylation sites is 1. The Balaban J connectivity index is 1.87. The van der Waals surface area contributed by atoms with Crippen molar-refractivity contribution in [1.29, 1.82) is 0 Å². The monoisotopic (exact) mass is 485 g/mol. The number of phenols is 1. The summed E-state index contributed by atoms with van der Waals surface area (Å²) in [6, 6.07) is 18.5. The zero-order valence-electron chi connectivity index (χ0n) is 21.2. The zero-order chi connectivity index (χ0) is 26.2. The molecule has 1 heterocycles. The number of aliphatic hydroxyl groups excluding tert-OH is 1. The first-order chi connectivity index (χ1) is 17.0. The van der Waals surface area contributed by atoms with E-state index in [9.17, 15) is 19.8 Å². The van der Waals surface area contributed by atoms with Crippen LogP contribution in [0.1, 0.15) is 54.6 Å². The highest BCUT2D eigenvalue weighted by atomic mass is 16.5. The van der Waals surface area contributed by atoms with Crippen LogP contribution in [-0.4, -0.2) is 32.4 Å². The summed E-state index contributed by atoms with van der Waals surface area (Å²) >= 11 is 0. The van der Waals surface area contributed by atoms with Crippen molar-refractivity contribution in [1.82, 2.24) is 4.90 Å². The summed E-state index contributed by atoms with van der Waals surface area (Å²) in [5.41, 5.74) is 3.13. The van der Waals surface area contributed by atoms with Gasteiger partial charge in [0.2, 0.25) is 0 Å². The Kier molecular flexibility index (Phi) is 6.63. The molecule has 3 aromatic carbocycles. The van der Waals surface area contributed by atoms with E-state index < -0.39 is 23.3 Å². The molecule has 1 fully saturated rings. The molecule has 4 rings (SSSR count). The van der Waals surface area contributed by atoms with Crippen molar-refractivity contribution < 1.29 is 24.5 Å². The number of aromatic hydroxyl groups is 1. The minimum atomic E-state index is -0.840. The first-order valence-corrected chi connectivity index (χ1v) is 11.9. The van der Waals surface area contributed by atoms with Crippen molar-refractivity contribution in [3.8, 4) is 11.5 Å². The Labute approximate surface area is 211 Å². The Bertz CT molecular complexity index is 1350. The van der Waals surface area contributed by atoms with E-state index in [1.54, 1.807) is 18.2 Å². The number of aliphatic hydroxyl groups is 1. The number of aryl methyl sites for hydroxylation is 2.